The van der Waals surface area contributed by atoms with Crippen LogP contribution in [-0.2, 0) is 4.79 Å². The Hall–Kier alpha value is -3.41. The number of hydrazone groups is 1. The molecule has 4 rings (SSSR count). The lowest BCUT2D eigenvalue weighted by Gasteiger charge is -2.25. The number of carbonyl (C=O) groups excluding carboxylic acids is 1. The molecule has 1 aromatic heterocycles. The second-order valence-electron chi connectivity index (χ2n) is 5.58. The fraction of sp³-hybridized carbons (Fsp3) is 0.105. The average Bonchev–Trinajstić information content (AvgIpc) is 2.66. The van der Waals surface area contributed by atoms with Crippen molar-refractivity contribution in [3.05, 3.63) is 66.5 Å². The van der Waals surface area contributed by atoms with E-state index in [0.717, 1.165) is 16.3 Å². The van der Waals surface area contributed by atoms with Gasteiger partial charge in [0.05, 0.1) is 6.21 Å². The van der Waals surface area contributed by atoms with Crippen LogP contribution in [0.2, 0.25) is 0 Å². The van der Waals surface area contributed by atoms with Crippen molar-refractivity contribution in [2.45, 2.75) is 6.10 Å². The Labute approximate surface area is 144 Å². The van der Waals surface area contributed by atoms with Gasteiger partial charge in [0, 0.05) is 18.0 Å². The smallest absolute Gasteiger partial charge is 0.284 e. The molecule has 1 amide bonds. The predicted molar refractivity (Wildman–Crippen MR) is 93.8 cm³/mol. The van der Waals surface area contributed by atoms with Crippen LogP contribution in [-0.4, -0.2) is 29.8 Å². The summed E-state index contributed by atoms with van der Waals surface area (Å²) in [5, 5.41) is 6.01. The molecule has 0 spiro atoms. The highest BCUT2D eigenvalue weighted by Crippen LogP contribution is 2.35. The van der Waals surface area contributed by atoms with Gasteiger partial charge in [-0.3, -0.25) is 9.78 Å². The van der Waals surface area contributed by atoms with E-state index in [2.05, 4.69) is 15.5 Å². The number of rotatable bonds is 3. The molecule has 1 aliphatic heterocycles. The van der Waals surface area contributed by atoms with Gasteiger partial charge in [-0.15, -0.1) is 0 Å². The minimum atomic E-state index is -0.750. The summed E-state index contributed by atoms with van der Waals surface area (Å²) in [6.07, 6.45) is 4.09. The Morgan fingerprint density at radius 2 is 1.96 bits per heavy atom. The first-order valence-electron chi connectivity index (χ1n) is 7.85. The van der Waals surface area contributed by atoms with Crippen LogP contribution in [0.1, 0.15) is 5.56 Å². The van der Waals surface area contributed by atoms with E-state index in [9.17, 15) is 4.79 Å². The average molecular weight is 333 g/mol. The van der Waals surface area contributed by atoms with Crippen LogP contribution >= 0.6 is 0 Å². The van der Waals surface area contributed by atoms with E-state index in [4.69, 9.17) is 9.47 Å². The van der Waals surface area contributed by atoms with Gasteiger partial charge in [0.15, 0.2) is 11.5 Å². The maximum atomic E-state index is 12.2. The number of fused-ring (bicyclic) bond motifs is 2. The Balaban J connectivity index is 1.45. The summed E-state index contributed by atoms with van der Waals surface area (Å²) in [6.45, 7) is 0.138. The minimum Gasteiger partial charge on any atom is -0.485 e. The molecule has 1 N–H and O–H groups in total. The largest absolute Gasteiger partial charge is 0.485 e. The van der Waals surface area contributed by atoms with Crippen LogP contribution in [0, 0.1) is 0 Å². The second-order valence-corrected chi connectivity index (χ2v) is 5.58. The van der Waals surface area contributed by atoms with E-state index >= 15 is 0 Å². The number of hydrogen-bond acceptors (Lipinski definition) is 5. The molecule has 0 radical (unpaired) electrons. The van der Waals surface area contributed by atoms with Crippen molar-refractivity contribution in [1.82, 2.24) is 10.4 Å². The van der Waals surface area contributed by atoms with Crippen LogP contribution < -0.4 is 14.9 Å². The zero-order valence-electron chi connectivity index (χ0n) is 13.3. The quantitative estimate of drug-likeness (QED) is 0.590. The van der Waals surface area contributed by atoms with E-state index in [0.29, 0.717) is 11.5 Å². The van der Waals surface area contributed by atoms with Gasteiger partial charge < -0.3 is 9.47 Å². The van der Waals surface area contributed by atoms with Crippen molar-refractivity contribution in [2.75, 3.05) is 6.61 Å². The molecule has 3 aromatic rings. The SMILES string of the molecule is O=C(N/N=C\c1cccnc1)[C@@H]1COc2cc3ccccc3cc2O1. The first-order valence-corrected chi connectivity index (χ1v) is 7.85. The van der Waals surface area contributed by atoms with Crippen LogP contribution in [0.15, 0.2) is 66.0 Å². The van der Waals surface area contributed by atoms with Gasteiger partial charge in [0.1, 0.15) is 6.61 Å². The van der Waals surface area contributed by atoms with Crippen molar-refractivity contribution in [1.29, 1.82) is 0 Å². The molecule has 124 valence electrons. The third kappa shape index (κ3) is 3.28. The molecule has 25 heavy (non-hydrogen) atoms. The Kier molecular flexibility index (Phi) is 4.00. The summed E-state index contributed by atoms with van der Waals surface area (Å²) in [7, 11) is 0. The summed E-state index contributed by atoms with van der Waals surface area (Å²) in [6, 6.07) is 15.3. The monoisotopic (exact) mass is 333 g/mol. The molecule has 1 atom stereocenters. The number of nitrogens with zero attached hydrogens (tertiary/aromatic N) is 2. The van der Waals surface area contributed by atoms with Crippen LogP contribution in [0.4, 0.5) is 0 Å². The zero-order valence-corrected chi connectivity index (χ0v) is 13.3. The Morgan fingerprint density at radius 1 is 1.16 bits per heavy atom. The van der Waals surface area contributed by atoms with Crippen molar-refractivity contribution in [3.8, 4) is 11.5 Å². The number of carbonyl (C=O) groups is 1. The lowest BCUT2D eigenvalue weighted by atomic mass is 10.1. The minimum absolute atomic E-state index is 0.138. The molecule has 2 heterocycles. The molecule has 0 fully saturated rings. The molecule has 0 bridgehead atoms. The van der Waals surface area contributed by atoms with Crippen molar-refractivity contribution < 1.29 is 14.3 Å². The van der Waals surface area contributed by atoms with E-state index in [1.807, 2.05) is 42.5 Å². The third-order valence-corrected chi connectivity index (χ3v) is 3.84. The number of aromatic nitrogens is 1. The molecule has 0 saturated carbocycles. The normalized spacial score (nSPS) is 16.1. The van der Waals surface area contributed by atoms with E-state index in [1.165, 1.54) is 6.21 Å². The lowest BCUT2D eigenvalue weighted by molar-refractivity contribution is -0.130. The molecule has 6 heteroatoms. The molecule has 1 aliphatic rings. The second kappa shape index (κ2) is 6.60. The van der Waals surface area contributed by atoms with Gasteiger partial charge in [0.2, 0.25) is 6.10 Å². The van der Waals surface area contributed by atoms with Gasteiger partial charge >= 0.3 is 0 Å². The summed E-state index contributed by atoms with van der Waals surface area (Å²) < 4.78 is 11.5. The van der Waals surface area contributed by atoms with Crippen molar-refractivity contribution in [3.63, 3.8) is 0 Å². The topological polar surface area (TPSA) is 72.8 Å². The number of amides is 1. The first-order chi connectivity index (χ1) is 12.3. The molecule has 6 nitrogen and oxygen atoms in total. The number of ether oxygens (including phenoxy) is 2. The van der Waals surface area contributed by atoms with Crippen molar-refractivity contribution >= 4 is 22.9 Å². The molecule has 2 aromatic carbocycles. The van der Waals surface area contributed by atoms with Crippen molar-refractivity contribution in [2.24, 2.45) is 5.10 Å². The van der Waals surface area contributed by atoms with Crippen LogP contribution in [0.25, 0.3) is 10.8 Å². The van der Waals surface area contributed by atoms with Crippen LogP contribution in [0.5, 0.6) is 11.5 Å². The number of nitrogens with one attached hydrogen (secondary N) is 1. The standard InChI is InChI=1S/C19H15N3O3/c23-19(22-21-11-13-4-3-7-20-10-13)18-12-24-16-8-14-5-1-2-6-15(14)9-17(16)25-18/h1-11,18H,12H2,(H,22,23)/b21-11-/t18-/m0/s1. The Morgan fingerprint density at radius 3 is 2.72 bits per heavy atom. The summed E-state index contributed by atoms with van der Waals surface area (Å²) in [5.41, 5.74) is 3.26. The number of hydrogen-bond donors (Lipinski definition) is 1. The van der Waals surface area contributed by atoms with Crippen LogP contribution in [0.3, 0.4) is 0 Å². The third-order valence-electron chi connectivity index (χ3n) is 3.84. The summed E-state index contributed by atoms with van der Waals surface area (Å²) in [4.78, 5) is 16.2. The number of pyridine rings is 1. The van der Waals surface area contributed by atoms with Gasteiger partial charge in [0.25, 0.3) is 5.91 Å². The first kappa shape index (κ1) is 15.1. The Bertz CT molecular complexity index is 941. The predicted octanol–water partition coefficient (Wildman–Crippen LogP) is 2.52. The van der Waals surface area contributed by atoms with Gasteiger partial charge in [-0.2, -0.15) is 5.10 Å². The van der Waals surface area contributed by atoms with Gasteiger partial charge in [-0.05, 0) is 29.0 Å². The zero-order chi connectivity index (χ0) is 17.1. The molecule has 0 unspecified atom stereocenters. The summed E-state index contributed by atoms with van der Waals surface area (Å²) >= 11 is 0. The van der Waals surface area contributed by atoms with E-state index < -0.39 is 6.10 Å². The maximum absolute atomic E-state index is 12.2. The maximum Gasteiger partial charge on any atom is 0.284 e. The number of benzene rings is 2. The van der Waals surface area contributed by atoms with Gasteiger partial charge in [-0.25, -0.2) is 5.43 Å². The lowest BCUT2D eigenvalue weighted by Crippen LogP contribution is -2.42. The molecular weight excluding hydrogens is 318 g/mol. The highest BCUT2D eigenvalue weighted by atomic mass is 16.6. The van der Waals surface area contributed by atoms with E-state index in [1.54, 1.807) is 18.5 Å². The fourth-order valence-electron chi connectivity index (χ4n) is 2.58. The van der Waals surface area contributed by atoms with Gasteiger partial charge in [-0.1, -0.05) is 30.3 Å². The fourth-order valence-corrected chi connectivity index (χ4v) is 2.58. The molecule has 0 aliphatic carbocycles. The van der Waals surface area contributed by atoms with E-state index in [-0.39, 0.29) is 12.5 Å². The summed E-state index contributed by atoms with van der Waals surface area (Å²) in [5.74, 6) is 0.835. The highest BCUT2D eigenvalue weighted by molar-refractivity contribution is 5.87. The molecular formula is C19H15N3O3. The molecule has 0 saturated heterocycles. The highest BCUT2D eigenvalue weighted by Gasteiger charge is 2.27.